The van der Waals surface area contributed by atoms with Crippen LogP contribution in [0.15, 0.2) is 18.2 Å². The van der Waals surface area contributed by atoms with Crippen LogP contribution in [0.2, 0.25) is 0 Å². The topological polar surface area (TPSA) is 61.8 Å². The largest absolute Gasteiger partial charge is 0.390 e. The predicted molar refractivity (Wildman–Crippen MR) is 76.3 cm³/mol. The Morgan fingerprint density at radius 1 is 1.32 bits per heavy atom. The van der Waals surface area contributed by atoms with E-state index in [0.717, 1.165) is 25.2 Å². The van der Waals surface area contributed by atoms with E-state index in [1.165, 1.54) is 6.07 Å². The predicted octanol–water partition coefficient (Wildman–Crippen LogP) is 0.317. The van der Waals surface area contributed by atoms with Crippen LogP contribution in [0.4, 0.5) is 8.78 Å². The van der Waals surface area contributed by atoms with Crippen LogP contribution >= 0.6 is 0 Å². The van der Waals surface area contributed by atoms with Gasteiger partial charge in [0.1, 0.15) is 0 Å². The summed E-state index contributed by atoms with van der Waals surface area (Å²) in [7, 11) is 0. The Kier molecular flexibility index (Phi) is 6.23. The van der Waals surface area contributed by atoms with Crippen molar-refractivity contribution in [1.29, 1.82) is 0 Å². The molecule has 22 heavy (non-hydrogen) atoms. The van der Waals surface area contributed by atoms with E-state index in [1.807, 2.05) is 0 Å². The molecule has 0 spiro atoms. The third-order valence-electron chi connectivity index (χ3n) is 3.46. The first-order valence-corrected chi connectivity index (χ1v) is 7.23. The van der Waals surface area contributed by atoms with Gasteiger partial charge in [0.25, 0.3) is 0 Å². The molecule has 1 unspecified atom stereocenters. The molecule has 0 saturated carbocycles. The zero-order valence-corrected chi connectivity index (χ0v) is 12.2. The van der Waals surface area contributed by atoms with E-state index in [9.17, 15) is 18.7 Å². The molecule has 5 nitrogen and oxygen atoms in total. The summed E-state index contributed by atoms with van der Waals surface area (Å²) < 4.78 is 31.0. The number of rotatable bonds is 6. The van der Waals surface area contributed by atoms with Crippen LogP contribution in [-0.4, -0.2) is 61.4 Å². The van der Waals surface area contributed by atoms with Gasteiger partial charge >= 0.3 is 0 Å². The molecule has 0 radical (unpaired) electrons. The smallest absolute Gasteiger partial charge is 0.224 e. The zero-order chi connectivity index (χ0) is 15.9. The first-order chi connectivity index (χ1) is 10.5. The van der Waals surface area contributed by atoms with Crippen LogP contribution in [0.5, 0.6) is 0 Å². The van der Waals surface area contributed by atoms with E-state index in [1.54, 1.807) is 0 Å². The molecule has 1 amide bonds. The Hall–Kier alpha value is -1.57. The molecular formula is C15H20F2N2O3. The summed E-state index contributed by atoms with van der Waals surface area (Å²) in [4.78, 5) is 13.8. The number of β-amino-alcohol motifs (C(OH)–C–C–N with tert-alkyl or cyclic N) is 1. The van der Waals surface area contributed by atoms with Crippen molar-refractivity contribution in [3.8, 4) is 0 Å². The molecule has 1 aliphatic rings. The average Bonchev–Trinajstić information content (AvgIpc) is 2.50. The summed E-state index contributed by atoms with van der Waals surface area (Å²) in [5, 5.41) is 12.5. The van der Waals surface area contributed by atoms with Crippen molar-refractivity contribution >= 4 is 5.91 Å². The van der Waals surface area contributed by atoms with Crippen LogP contribution in [0.3, 0.4) is 0 Å². The van der Waals surface area contributed by atoms with Crippen molar-refractivity contribution in [3.63, 3.8) is 0 Å². The summed E-state index contributed by atoms with van der Waals surface area (Å²) in [6.45, 7) is 3.42. The molecule has 1 aliphatic heterocycles. The fraction of sp³-hybridized carbons (Fsp3) is 0.533. The number of benzene rings is 1. The number of hydrogen-bond donors (Lipinski definition) is 2. The quantitative estimate of drug-likeness (QED) is 0.794. The Bertz CT molecular complexity index is 508. The number of carbonyl (C=O) groups excluding carboxylic acids is 1. The highest BCUT2D eigenvalue weighted by molar-refractivity contribution is 5.78. The second-order valence-corrected chi connectivity index (χ2v) is 5.30. The zero-order valence-electron chi connectivity index (χ0n) is 12.2. The molecule has 122 valence electrons. The lowest BCUT2D eigenvalue weighted by atomic mass is 10.1. The van der Waals surface area contributed by atoms with Gasteiger partial charge < -0.3 is 15.2 Å². The lowest BCUT2D eigenvalue weighted by Crippen LogP contribution is -2.44. The van der Waals surface area contributed by atoms with Gasteiger partial charge in [0.2, 0.25) is 5.91 Å². The Morgan fingerprint density at radius 2 is 2.05 bits per heavy atom. The van der Waals surface area contributed by atoms with Crippen molar-refractivity contribution < 1.29 is 23.4 Å². The lowest BCUT2D eigenvalue weighted by molar-refractivity contribution is -0.121. The van der Waals surface area contributed by atoms with Gasteiger partial charge in [-0.1, -0.05) is 6.07 Å². The van der Waals surface area contributed by atoms with Crippen LogP contribution in [0.1, 0.15) is 5.56 Å². The molecule has 1 saturated heterocycles. The third-order valence-corrected chi connectivity index (χ3v) is 3.46. The normalized spacial score (nSPS) is 17.2. The fourth-order valence-electron chi connectivity index (χ4n) is 2.28. The molecular weight excluding hydrogens is 294 g/mol. The summed E-state index contributed by atoms with van der Waals surface area (Å²) in [6.07, 6.45) is -0.728. The number of hydrogen-bond acceptors (Lipinski definition) is 4. The van der Waals surface area contributed by atoms with Crippen LogP contribution < -0.4 is 5.32 Å². The van der Waals surface area contributed by atoms with E-state index < -0.39 is 17.7 Å². The monoisotopic (exact) mass is 314 g/mol. The highest BCUT2D eigenvalue weighted by Crippen LogP contribution is 2.09. The summed E-state index contributed by atoms with van der Waals surface area (Å²) in [6, 6.07) is 3.35. The van der Waals surface area contributed by atoms with E-state index >= 15 is 0 Å². The highest BCUT2D eigenvalue weighted by atomic mass is 19.2. The SMILES string of the molecule is O=C(Cc1ccc(F)c(F)c1)NCC(O)CN1CCOCC1. The maximum absolute atomic E-state index is 13.0. The number of nitrogens with zero attached hydrogens (tertiary/aromatic N) is 1. The van der Waals surface area contributed by atoms with Gasteiger partial charge in [-0.2, -0.15) is 0 Å². The number of aliphatic hydroxyl groups is 1. The van der Waals surface area contributed by atoms with Crippen molar-refractivity contribution in [2.24, 2.45) is 0 Å². The first kappa shape index (κ1) is 16.8. The average molecular weight is 314 g/mol. The molecule has 2 rings (SSSR count). The van der Waals surface area contributed by atoms with E-state index in [4.69, 9.17) is 4.74 Å². The second kappa shape index (κ2) is 8.17. The number of ether oxygens (including phenoxy) is 1. The lowest BCUT2D eigenvalue weighted by Gasteiger charge is -2.28. The molecule has 1 aromatic rings. The van der Waals surface area contributed by atoms with Crippen molar-refractivity contribution in [3.05, 3.63) is 35.4 Å². The van der Waals surface area contributed by atoms with E-state index in [2.05, 4.69) is 10.2 Å². The first-order valence-electron chi connectivity index (χ1n) is 7.23. The molecule has 0 aromatic heterocycles. The molecule has 1 aromatic carbocycles. The fourth-order valence-corrected chi connectivity index (χ4v) is 2.28. The third kappa shape index (κ3) is 5.32. The van der Waals surface area contributed by atoms with Gasteiger partial charge in [-0.25, -0.2) is 8.78 Å². The van der Waals surface area contributed by atoms with E-state index in [-0.39, 0.29) is 18.9 Å². The minimum absolute atomic E-state index is 0.0541. The Morgan fingerprint density at radius 3 is 2.73 bits per heavy atom. The Labute approximate surface area is 127 Å². The number of nitrogens with one attached hydrogen (secondary N) is 1. The van der Waals surface area contributed by atoms with Crippen molar-refractivity contribution in [2.45, 2.75) is 12.5 Å². The maximum Gasteiger partial charge on any atom is 0.224 e. The van der Waals surface area contributed by atoms with Gasteiger partial charge in [0, 0.05) is 26.2 Å². The van der Waals surface area contributed by atoms with Gasteiger partial charge in [0.05, 0.1) is 25.7 Å². The summed E-state index contributed by atoms with van der Waals surface area (Å²) >= 11 is 0. The Balaban J connectivity index is 1.71. The van der Waals surface area contributed by atoms with Gasteiger partial charge in [-0.15, -0.1) is 0 Å². The van der Waals surface area contributed by atoms with E-state index in [0.29, 0.717) is 25.3 Å². The van der Waals surface area contributed by atoms with Crippen molar-refractivity contribution in [2.75, 3.05) is 39.4 Å². The molecule has 0 bridgehead atoms. The van der Waals surface area contributed by atoms with Crippen molar-refractivity contribution in [1.82, 2.24) is 10.2 Å². The number of morpholine rings is 1. The number of carbonyl (C=O) groups is 1. The number of aliphatic hydroxyl groups excluding tert-OH is 1. The molecule has 2 N–H and O–H groups in total. The summed E-state index contributed by atoms with van der Waals surface area (Å²) in [5.41, 5.74) is 0.388. The molecule has 1 atom stereocenters. The highest BCUT2D eigenvalue weighted by Gasteiger charge is 2.15. The number of halogens is 2. The minimum atomic E-state index is -0.974. The van der Waals surface area contributed by atoms with Crippen LogP contribution in [0, 0.1) is 11.6 Å². The molecule has 1 heterocycles. The van der Waals surface area contributed by atoms with Gasteiger partial charge in [-0.3, -0.25) is 9.69 Å². The molecule has 0 aliphatic carbocycles. The number of amides is 1. The van der Waals surface area contributed by atoms with Gasteiger partial charge in [0.15, 0.2) is 11.6 Å². The maximum atomic E-state index is 13.0. The second-order valence-electron chi connectivity index (χ2n) is 5.30. The minimum Gasteiger partial charge on any atom is -0.390 e. The van der Waals surface area contributed by atoms with Crippen LogP contribution in [0.25, 0.3) is 0 Å². The molecule has 1 fully saturated rings. The molecule has 7 heteroatoms. The van der Waals surface area contributed by atoms with Gasteiger partial charge in [-0.05, 0) is 17.7 Å². The summed E-state index contributed by atoms with van der Waals surface area (Å²) in [5.74, 6) is -2.25. The van der Waals surface area contributed by atoms with Crippen LogP contribution in [-0.2, 0) is 16.0 Å². The standard InChI is InChI=1S/C15H20F2N2O3/c16-13-2-1-11(7-14(13)17)8-15(21)18-9-12(20)10-19-3-5-22-6-4-19/h1-2,7,12,20H,3-6,8-10H2,(H,18,21).